The molecule has 0 radical (unpaired) electrons. The molecule has 2 saturated heterocycles. The van der Waals surface area contributed by atoms with Gasteiger partial charge in [-0.1, -0.05) is 20.8 Å². The Hall–Kier alpha value is -0.0331. The van der Waals surface area contributed by atoms with Gasteiger partial charge in [-0.15, -0.1) is 0 Å². The minimum atomic E-state index is -3.54. The number of hydrogen-bond acceptors (Lipinski definition) is 7. The summed E-state index contributed by atoms with van der Waals surface area (Å²) in [6, 6.07) is 0. The Morgan fingerprint density at radius 2 is 1.72 bits per heavy atom. The first-order valence-electron chi connectivity index (χ1n) is 8.61. The van der Waals surface area contributed by atoms with E-state index in [0.29, 0.717) is 6.61 Å². The van der Waals surface area contributed by atoms with E-state index >= 15 is 0 Å². The summed E-state index contributed by atoms with van der Waals surface area (Å²) in [4.78, 5) is 0. The van der Waals surface area contributed by atoms with Crippen LogP contribution in [0.25, 0.3) is 0 Å². The maximum absolute atomic E-state index is 11.4. The molecule has 0 aliphatic carbocycles. The zero-order valence-electron chi connectivity index (χ0n) is 16.5. The Morgan fingerprint density at radius 3 is 2.24 bits per heavy atom. The molecule has 2 heterocycles. The third-order valence-corrected chi connectivity index (χ3v) is 10.3. The average molecular weight is 397 g/mol. The van der Waals surface area contributed by atoms with Crippen LogP contribution in [0.15, 0.2) is 0 Å². The second-order valence-electron chi connectivity index (χ2n) is 8.87. The number of ether oxygens (including phenoxy) is 3. The largest absolute Gasteiger partial charge is 0.414 e. The molecule has 0 aromatic carbocycles. The monoisotopic (exact) mass is 396 g/mol. The molecule has 0 amide bonds. The highest BCUT2D eigenvalue weighted by atomic mass is 32.2. The molecule has 2 aliphatic rings. The normalized spacial score (nSPS) is 32.8. The van der Waals surface area contributed by atoms with Gasteiger partial charge >= 0.3 is 0 Å². The molecule has 0 unspecified atom stereocenters. The van der Waals surface area contributed by atoms with Gasteiger partial charge in [-0.3, -0.25) is 4.18 Å². The van der Waals surface area contributed by atoms with E-state index in [1.54, 1.807) is 0 Å². The summed E-state index contributed by atoms with van der Waals surface area (Å²) < 4.78 is 51.8. The highest BCUT2D eigenvalue weighted by Gasteiger charge is 2.55. The van der Waals surface area contributed by atoms with Gasteiger partial charge in [0, 0.05) is 5.92 Å². The highest BCUT2D eigenvalue weighted by molar-refractivity contribution is 7.85. The van der Waals surface area contributed by atoms with Gasteiger partial charge in [-0.2, -0.15) is 8.42 Å². The van der Waals surface area contributed by atoms with Crippen LogP contribution < -0.4 is 0 Å². The molecule has 0 aromatic heterocycles. The maximum atomic E-state index is 11.4. The van der Waals surface area contributed by atoms with Crippen molar-refractivity contribution in [3.63, 3.8) is 0 Å². The molecule has 7 nitrogen and oxygen atoms in total. The Bertz CT molecular complexity index is 582. The first-order chi connectivity index (χ1) is 11.1. The van der Waals surface area contributed by atoms with Crippen LogP contribution in [0, 0.1) is 5.92 Å². The molecule has 0 bridgehead atoms. The molecule has 0 saturated carbocycles. The SMILES string of the molecule is CC1(C)O[C@H]2O[C@H](CO[Si](C)(C)C(C)(C)C)[C@@H](COS(C)(=O)=O)[C@H]2O1. The van der Waals surface area contributed by atoms with Crippen LogP contribution >= 0.6 is 0 Å². The molecule has 9 heteroatoms. The van der Waals surface area contributed by atoms with Crippen molar-refractivity contribution >= 4 is 18.4 Å². The summed E-state index contributed by atoms with van der Waals surface area (Å²) in [5.41, 5.74) is 0. The standard InChI is InChI=1S/C16H32O7SSi/c1-15(2,3)25(7,8)20-10-12-11(9-19-24(6,17)18)13-14(21-12)23-16(4,5)22-13/h11-14H,9-10H2,1-8H3/t11-,12-,13-,14-/m1/s1. The number of fused-ring (bicyclic) bond motifs is 1. The molecule has 2 fully saturated rings. The van der Waals surface area contributed by atoms with Crippen molar-refractivity contribution in [2.24, 2.45) is 5.92 Å². The van der Waals surface area contributed by atoms with Crippen molar-refractivity contribution in [2.45, 2.75) is 77.0 Å². The predicted molar refractivity (Wildman–Crippen MR) is 96.1 cm³/mol. The maximum Gasteiger partial charge on any atom is 0.264 e. The van der Waals surface area contributed by atoms with Crippen molar-refractivity contribution in [3.05, 3.63) is 0 Å². The van der Waals surface area contributed by atoms with Crippen molar-refractivity contribution in [2.75, 3.05) is 19.5 Å². The molecule has 0 N–H and O–H groups in total. The molecule has 0 aromatic rings. The average Bonchev–Trinajstić information content (AvgIpc) is 2.83. The fraction of sp³-hybridized carbons (Fsp3) is 1.00. The molecule has 2 aliphatic heterocycles. The van der Waals surface area contributed by atoms with E-state index in [9.17, 15) is 8.42 Å². The number of rotatable bonds is 6. The van der Waals surface area contributed by atoms with Crippen molar-refractivity contribution in [3.8, 4) is 0 Å². The minimum absolute atomic E-state index is 0.00896. The fourth-order valence-corrected chi connectivity index (χ4v) is 4.13. The predicted octanol–water partition coefficient (Wildman–Crippen LogP) is 2.48. The van der Waals surface area contributed by atoms with Gasteiger partial charge in [-0.25, -0.2) is 0 Å². The fourth-order valence-electron chi connectivity index (χ4n) is 2.71. The molecule has 2 rings (SSSR count). The third kappa shape index (κ3) is 5.24. The van der Waals surface area contributed by atoms with Gasteiger partial charge in [0.25, 0.3) is 10.1 Å². The summed E-state index contributed by atoms with van der Waals surface area (Å²) in [5.74, 6) is -1.03. The van der Waals surface area contributed by atoms with Gasteiger partial charge < -0.3 is 18.6 Å². The lowest BCUT2D eigenvalue weighted by atomic mass is 10.0. The van der Waals surface area contributed by atoms with E-state index in [1.807, 2.05) is 13.8 Å². The molecule has 25 heavy (non-hydrogen) atoms. The lowest BCUT2D eigenvalue weighted by molar-refractivity contribution is -0.213. The molecular weight excluding hydrogens is 364 g/mol. The van der Waals surface area contributed by atoms with E-state index in [2.05, 4.69) is 33.9 Å². The van der Waals surface area contributed by atoms with E-state index in [1.165, 1.54) is 0 Å². The van der Waals surface area contributed by atoms with Crippen LogP contribution in [0.5, 0.6) is 0 Å². The van der Waals surface area contributed by atoms with Gasteiger partial charge in [0.2, 0.25) is 0 Å². The zero-order chi connectivity index (χ0) is 19.3. The topological polar surface area (TPSA) is 80.3 Å². The molecule has 0 spiro atoms. The Kier molecular flexibility index (Phi) is 5.83. The van der Waals surface area contributed by atoms with Gasteiger partial charge in [0.15, 0.2) is 20.4 Å². The second kappa shape index (κ2) is 6.85. The van der Waals surface area contributed by atoms with Gasteiger partial charge in [0.05, 0.1) is 25.6 Å². The summed E-state index contributed by atoms with van der Waals surface area (Å²) in [6.07, 6.45) is -0.194. The van der Waals surface area contributed by atoms with Crippen LogP contribution in [0.2, 0.25) is 18.1 Å². The van der Waals surface area contributed by atoms with E-state index < -0.39 is 30.5 Å². The Labute approximate surface area is 152 Å². The van der Waals surface area contributed by atoms with Crippen molar-refractivity contribution in [1.29, 1.82) is 0 Å². The quantitative estimate of drug-likeness (QED) is 0.504. The summed E-state index contributed by atoms with van der Waals surface area (Å²) >= 11 is 0. The summed E-state index contributed by atoms with van der Waals surface area (Å²) in [6.45, 7) is 14.8. The smallest absolute Gasteiger partial charge is 0.264 e. The summed E-state index contributed by atoms with van der Waals surface area (Å²) in [7, 11) is -5.49. The molecule has 4 atom stereocenters. The minimum Gasteiger partial charge on any atom is -0.414 e. The van der Waals surface area contributed by atoms with E-state index in [0.717, 1.165) is 6.26 Å². The second-order valence-corrected chi connectivity index (χ2v) is 15.3. The first kappa shape index (κ1) is 21.3. The molecular formula is C16H32O7SSi. The van der Waals surface area contributed by atoms with Crippen molar-refractivity contribution in [1.82, 2.24) is 0 Å². The van der Waals surface area contributed by atoms with Crippen LogP contribution in [-0.4, -0.2) is 60.5 Å². The van der Waals surface area contributed by atoms with Crippen LogP contribution in [0.3, 0.4) is 0 Å². The Balaban J connectivity index is 2.08. The Morgan fingerprint density at radius 1 is 1.12 bits per heavy atom. The summed E-state index contributed by atoms with van der Waals surface area (Å²) in [5, 5.41) is 0.0786. The lowest BCUT2D eigenvalue weighted by Gasteiger charge is -2.37. The third-order valence-electron chi connectivity index (χ3n) is 5.19. The van der Waals surface area contributed by atoms with E-state index in [-0.39, 0.29) is 29.8 Å². The zero-order valence-corrected chi connectivity index (χ0v) is 18.3. The van der Waals surface area contributed by atoms with Crippen LogP contribution in [0.1, 0.15) is 34.6 Å². The van der Waals surface area contributed by atoms with E-state index in [4.69, 9.17) is 22.8 Å². The highest BCUT2D eigenvalue weighted by Crippen LogP contribution is 2.42. The van der Waals surface area contributed by atoms with Gasteiger partial charge in [-0.05, 0) is 32.0 Å². The van der Waals surface area contributed by atoms with Gasteiger partial charge in [0.1, 0.15) is 6.10 Å². The van der Waals surface area contributed by atoms with Crippen LogP contribution in [-0.2, 0) is 32.9 Å². The molecule has 148 valence electrons. The van der Waals surface area contributed by atoms with Crippen molar-refractivity contribution < 1.29 is 31.2 Å². The number of hydrogen-bond donors (Lipinski definition) is 0. The lowest BCUT2D eigenvalue weighted by Crippen LogP contribution is -2.44. The first-order valence-corrected chi connectivity index (χ1v) is 13.3. The van der Waals surface area contributed by atoms with Crippen LogP contribution in [0.4, 0.5) is 0 Å².